The maximum atomic E-state index is 10.8. The number of esters is 1. The van der Waals surface area contributed by atoms with Crippen molar-refractivity contribution >= 4 is 12.3 Å². The van der Waals surface area contributed by atoms with Crippen molar-refractivity contribution in [2.45, 2.75) is 32.0 Å². The van der Waals surface area contributed by atoms with Crippen LogP contribution >= 0.6 is 0 Å². The molecule has 2 N–H and O–H groups in total. The molecule has 5 nitrogen and oxygen atoms in total. The van der Waals surface area contributed by atoms with E-state index in [1.165, 1.54) is 6.29 Å². The molecule has 0 aromatic rings. The van der Waals surface area contributed by atoms with E-state index in [9.17, 15) is 9.59 Å². The molecule has 1 radical (unpaired) electrons. The Kier molecular flexibility index (Phi) is 6.09. The van der Waals surface area contributed by atoms with Crippen molar-refractivity contribution in [3.05, 3.63) is 0 Å². The zero-order valence-electron chi connectivity index (χ0n) is 7.40. The predicted molar refractivity (Wildman–Crippen MR) is 43.6 cm³/mol. The van der Waals surface area contributed by atoms with E-state index in [1.54, 1.807) is 6.92 Å². The minimum atomic E-state index is -1.39. The van der Waals surface area contributed by atoms with E-state index in [-0.39, 0.29) is 6.42 Å². The molecular formula is C8H13O5. The van der Waals surface area contributed by atoms with E-state index in [4.69, 9.17) is 10.2 Å². The zero-order valence-corrected chi connectivity index (χ0v) is 7.40. The maximum Gasteiger partial charge on any atom is 0.306 e. The Balaban J connectivity index is 3.97. The maximum absolute atomic E-state index is 10.8. The molecule has 5 heteroatoms. The second kappa shape index (κ2) is 6.56. The van der Waals surface area contributed by atoms with Gasteiger partial charge in [0.15, 0.2) is 6.10 Å². The summed E-state index contributed by atoms with van der Waals surface area (Å²) in [5.74, 6) is -0.580. The first kappa shape index (κ1) is 12.1. The summed E-state index contributed by atoms with van der Waals surface area (Å²) in [7, 11) is 0. The van der Waals surface area contributed by atoms with Gasteiger partial charge in [-0.2, -0.15) is 0 Å². The molecule has 0 fully saturated rings. The molecule has 2 atom stereocenters. The molecule has 0 bridgehead atoms. The standard InChI is InChI=1S/C8H13O5/c1-2-3-8(12)13-7(5-10)6(11)4-9/h6-7,9,11H,2-4H2,1H3. The van der Waals surface area contributed by atoms with Crippen LogP contribution in [0.3, 0.4) is 0 Å². The van der Waals surface area contributed by atoms with Gasteiger partial charge in [-0.3, -0.25) is 9.59 Å². The number of hydrogen-bond donors (Lipinski definition) is 2. The Morgan fingerprint density at radius 3 is 2.62 bits per heavy atom. The minimum absolute atomic E-state index is 0.177. The molecule has 0 heterocycles. The van der Waals surface area contributed by atoms with Crippen LogP contribution in [0.15, 0.2) is 0 Å². The van der Waals surface area contributed by atoms with Crippen molar-refractivity contribution < 1.29 is 24.5 Å². The van der Waals surface area contributed by atoms with Gasteiger partial charge in [-0.15, -0.1) is 0 Å². The van der Waals surface area contributed by atoms with Crippen molar-refractivity contribution in [3.63, 3.8) is 0 Å². The lowest BCUT2D eigenvalue weighted by Crippen LogP contribution is -2.35. The highest BCUT2D eigenvalue weighted by atomic mass is 16.6. The van der Waals surface area contributed by atoms with Gasteiger partial charge in [0.2, 0.25) is 6.29 Å². The summed E-state index contributed by atoms with van der Waals surface area (Å²) in [4.78, 5) is 21.0. The molecule has 0 saturated heterocycles. The fourth-order valence-electron chi connectivity index (χ4n) is 0.682. The molecule has 0 saturated carbocycles. The minimum Gasteiger partial charge on any atom is -0.451 e. The largest absolute Gasteiger partial charge is 0.451 e. The van der Waals surface area contributed by atoms with Gasteiger partial charge in [0.05, 0.1) is 6.61 Å². The van der Waals surface area contributed by atoms with E-state index in [0.29, 0.717) is 6.42 Å². The van der Waals surface area contributed by atoms with Gasteiger partial charge >= 0.3 is 5.97 Å². The first-order chi connectivity index (χ1) is 6.15. The quantitative estimate of drug-likeness (QED) is 0.532. The first-order valence-electron chi connectivity index (χ1n) is 4.01. The number of hydrogen-bond acceptors (Lipinski definition) is 5. The van der Waals surface area contributed by atoms with E-state index in [1.807, 2.05) is 0 Å². The molecule has 75 valence electrons. The zero-order chi connectivity index (χ0) is 10.3. The third kappa shape index (κ3) is 4.59. The molecule has 0 aromatic heterocycles. The van der Waals surface area contributed by atoms with Gasteiger partial charge in [0, 0.05) is 6.42 Å². The number of ether oxygens (including phenoxy) is 1. The molecule has 13 heavy (non-hydrogen) atoms. The highest BCUT2D eigenvalue weighted by Crippen LogP contribution is 2.00. The van der Waals surface area contributed by atoms with Crippen LogP contribution < -0.4 is 0 Å². The van der Waals surface area contributed by atoms with E-state index in [2.05, 4.69) is 4.74 Å². The summed E-state index contributed by atoms with van der Waals surface area (Å²) in [5.41, 5.74) is 0. The molecule has 0 aromatic carbocycles. The van der Waals surface area contributed by atoms with Crippen molar-refractivity contribution in [1.29, 1.82) is 0 Å². The Labute approximate surface area is 76.3 Å². The van der Waals surface area contributed by atoms with Gasteiger partial charge in [0.1, 0.15) is 6.10 Å². The molecule has 0 rings (SSSR count). The molecule has 2 unspecified atom stereocenters. The fourth-order valence-corrected chi connectivity index (χ4v) is 0.682. The lowest BCUT2D eigenvalue weighted by molar-refractivity contribution is -0.151. The average Bonchev–Trinajstić information content (AvgIpc) is 2.13. The average molecular weight is 189 g/mol. The number of carbonyl (C=O) groups is 1. The summed E-state index contributed by atoms with van der Waals surface area (Å²) in [6.07, 6.45) is -0.663. The Morgan fingerprint density at radius 1 is 1.62 bits per heavy atom. The highest BCUT2D eigenvalue weighted by Gasteiger charge is 2.22. The van der Waals surface area contributed by atoms with Crippen molar-refractivity contribution in [2.24, 2.45) is 0 Å². The van der Waals surface area contributed by atoms with Crippen LogP contribution in [-0.2, 0) is 14.3 Å². The number of aliphatic hydroxyl groups excluding tert-OH is 2. The number of aliphatic hydroxyl groups is 2. The van der Waals surface area contributed by atoms with Crippen LogP contribution in [-0.4, -0.2) is 41.3 Å². The van der Waals surface area contributed by atoms with Crippen molar-refractivity contribution in [3.8, 4) is 0 Å². The molecule has 0 spiro atoms. The third-order valence-electron chi connectivity index (χ3n) is 1.37. The highest BCUT2D eigenvalue weighted by molar-refractivity contribution is 5.72. The lowest BCUT2D eigenvalue weighted by atomic mass is 10.2. The smallest absolute Gasteiger partial charge is 0.306 e. The fraction of sp³-hybridized carbons (Fsp3) is 0.750. The van der Waals surface area contributed by atoms with Gasteiger partial charge < -0.3 is 14.9 Å². The van der Waals surface area contributed by atoms with E-state index in [0.717, 1.165) is 0 Å². The Bertz CT molecular complexity index is 168. The van der Waals surface area contributed by atoms with Gasteiger partial charge in [-0.1, -0.05) is 6.92 Å². The third-order valence-corrected chi connectivity index (χ3v) is 1.37. The summed E-state index contributed by atoms with van der Waals surface area (Å²) in [6.45, 7) is 1.14. The summed E-state index contributed by atoms with van der Waals surface area (Å²) in [6, 6.07) is 0. The van der Waals surface area contributed by atoms with E-state index < -0.39 is 24.8 Å². The molecular weight excluding hydrogens is 176 g/mol. The van der Waals surface area contributed by atoms with Crippen molar-refractivity contribution in [1.82, 2.24) is 0 Å². The second-order valence-corrected chi connectivity index (χ2v) is 2.53. The van der Waals surface area contributed by atoms with Crippen LogP contribution in [0.4, 0.5) is 0 Å². The van der Waals surface area contributed by atoms with Gasteiger partial charge in [-0.25, -0.2) is 0 Å². The van der Waals surface area contributed by atoms with Crippen LogP contribution in [0.5, 0.6) is 0 Å². The summed E-state index contributed by atoms with van der Waals surface area (Å²) >= 11 is 0. The molecule has 0 aliphatic heterocycles. The molecule has 0 aliphatic carbocycles. The SMILES string of the molecule is CCCC(=O)OC([C]=O)C(O)CO. The van der Waals surface area contributed by atoms with Crippen LogP contribution in [0.1, 0.15) is 19.8 Å². The van der Waals surface area contributed by atoms with E-state index >= 15 is 0 Å². The number of carbonyl (C=O) groups excluding carboxylic acids is 2. The van der Waals surface area contributed by atoms with Crippen LogP contribution in [0.2, 0.25) is 0 Å². The van der Waals surface area contributed by atoms with Gasteiger partial charge in [0.25, 0.3) is 0 Å². The molecule has 0 amide bonds. The van der Waals surface area contributed by atoms with Crippen LogP contribution in [0.25, 0.3) is 0 Å². The monoisotopic (exact) mass is 189 g/mol. The van der Waals surface area contributed by atoms with Crippen molar-refractivity contribution in [2.75, 3.05) is 6.61 Å². The summed E-state index contributed by atoms with van der Waals surface area (Å²) < 4.78 is 4.52. The number of rotatable bonds is 6. The van der Waals surface area contributed by atoms with Gasteiger partial charge in [-0.05, 0) is 6.42 Å². The second-order valence-electron chi connectivity index (χ2n) is 2.53. The summed E-state index contributed by atoms with van der Waals surface area (Å²) in [5, 5.41) is 17.4. The first-order valence-corrected chi connectivity index (χ1v) is 4.01. The van der Waals surface area contributed by atoms with Crippen LogP contribution in [0, 0.1) is 0 Å². The Hall–Kier alpha value is -0.940. The topological polar surface area (TPSA) is 83.8 Å². The molecule has 0 aliphatic rings. The predicted octanol–water partition coefficient (Wildman–Crippen LogP) is -0.839. The Morgan fingerprint density at radius 2 is 2.23 bits per heavy atom. The lowest BCUT2D eigenvalue weighted by Gasteiger charge is -2.14. The normalized spacial score (nSPS) is 14.7.